The fourth-order valence-electron chi connectivity index (χ4n) is 0. The first kappa shape index (κ1) is 14.0. The Labute approximate surface area is 81.4 Å². The van der Waals surface area contributed by atoms with Crippen molar-refractivity contribution in [3.63, 3.8) is 0 Å². The number of halogens is 3. The molecule has 0 saturated heterocycles. The Morgan fingerprint density at radius 3 is 1.55 bits per heavy atom. The van der Waals surface area contributed by atoms with Crippen LogP contribution in [-0.4, -0.2) is 14.7 Å². The molecule has 0 aliphatic carbocycles. The minimum absolute atomic E-state index is 0.300. The van der Waals surface area contributed by atoms with Crippen LogP contribution in [0.15, 0.2) is 0 Å². The van der Waals surface area contributed by atoms with Crippen LogP contribution in [0.3, 0.4) is 0 Å². The Morgan fingerprint density at radius 2 is 1.55 bits per heavy atom. The zero-order valence-electron chi connectivity index (χ0n) is 6.34. The fourth-order valence-corrected chi connectivity index (χ4v) is 0. The summed E-state index contributed by atoms with van der Waals surface area (Å²) in [6.45, 7) is 1.67. The molecule has 1 radical (unpaired) electrons. The van der Waals surface area contributed by atoms with Crippen molar-refractivity contribution in [3.05, 3.63) is 0 Å². The minimum atomic E-state index is -5.08. The van der Waals surface area contributed by atoms with E-state index in [-0.39, 0.29) is 0 Å². The Kier molecular flexibility index (Phi) is 13.4. The van der Waals surface area contributed by atoms with Crippen LogP contribution in [-0.2, 0) is 46.7 Å². The van der Waals surface area contributed by atoms with E-state index in [1.54, 1.807) is 6.82 Å². The van der Waals surface area contributed by atoms with Crippen LogP contribution in [0.5, 0.6) is 0 Å². The van der Waals surface area contributed by atoms with E-state index in [0.29, 0.717) is 24.7 Å². The first-order chi connectivity index (χ1) is 5.36. The zero-order valence-corrected chi connectivity index (χ0v) is 8.62. The third-order valence-electron chi connectivity index (χ3n) is 0.189. The molecule has 0 amide bonds. The summed E-state index contributed by atoms with van der Waals surface area (Å²) >= 11 is 0.300. The number of rotatable bonds is 0. The molecule has 0 aromatic carbocycles. The summed E-state index contributed by atoms with van der Waals surface area (Å²) in [7, 11) is -2.68. The normalized spacial score (nSPS) is 9.64. The van der Waals surface area contributed by atoms with Crippen LogP contribution >= 0.6 is 0 Å². The average Bonchev–Trinajstić information content (AvgIpc) is 1.91. The standard InChI is InChI=1S/CH4B.CF3O2S.O.Zr/c1-2;2-1(3,4)7(5)6;;/h2H,1H3;;;/q;-1;;/i2T;;;. The predicted molar refractivity (Wildman–Crippen MR) is 28.5 cm³/mol. The Bertz CT molecular complexity index is 154. The van der Waals surface area contributed by atoms with Gasteiger partial charge in [-0.2, -0.15) is 13.2 Å². The number of hydrogen-bond donors (Lipinski definition) is 0. The van der Waals surface area contributed by atoms with Gasteiger partial charge in [-0.25, -0.2) is 0 Å². The van der Waals surface area contributed by atoms with Gasteiger partial charge < -0.3 is 8.42 Å². The third-order valence-corrected chi connectivity index (χ3v) is 0.567. The van der Waals surface area contributed by atoms with Gasteiger partial charge >= 0.3 is 33.0 Å². The van der Waals surface area contributed by atoms with E-state index in [0.717, 1.165) is 0 Å². The molecule has 0 heterocycles. The molecule has 0 spiro atoms. The molecule has 0 unspecified atom stereocenters. The Balaban J connectivity index is -0.000000137. The zero-order chi connectivity index (χ0) is 10.8. The molecule has 65 valence electrons. The molecule has 0 atom stereocenters. The molecule has 11 heavy (non-hydrogen) atoms. The van der Waals surface area contributed by atoms with Crippen molar-refractivity contribution >= 4 is 18.5 Å². The van der Waals surface area contributed by atoms with Crippen LogP contribution < -0.4 is 0 Å². The first-order valence-corrected chi connectivity index (χ1v) is 3.96. The van der Waals surface area contributed by atoms with Gasteiger partial charge in [0.1, 0.15) is 0 Å². The van der Waals surface area contributed by atoms with E-state index in [2.05, 4.69) is 0 Å². The van der Waals surface area contributed by atoms with E-state index in [4.69, 9.17) is 12.6 Å². The summed E-state index contributed by atoms with van der Waals surface area (Å²) in [5.41, 5.74) is -5.08. The third kappa shape index (κ3) is 18.0. The Morgan fingerprint density at radius 1 is 1.45 bits per heavy atom. The van der Waals surface area contributed by atoms with Crippen LogP contribution in [0.2, 0.25) is 6.82 Å². The summed E-state index contributed by atoms with van der Waals surface area (Å²) in [5.74, 6) is 0. The molecule has 0 N–H and O–H groups in total. The Hall–Kier alpha value is 0.488. The molecular formula is C2H4BF3O3SZr-. The summed E-state index contributed by atoms with van der Waals surface area (Å²) in [6, 6.07) is 0. The van der Waals surface area contributed by atoms with Gasteiger partial charge in [-0.3, -0.25) is 0 Å². The number of alkyl halides is 3. The topological polar surface area (TPSA) is 51.2 Å². The van der Waals surface area contributed by atoms with Crippen LogP contribution in [0, 0.1) is 0 Å². The van der Waals surface area contributed by atoms with Gasteiger partial charge in [0.2, 0.25) is 0 Å². The molecule has 0 aromatic heterocycles. The monoisotopic (exact) mass is 268 g/mol. The quantitative estimate of drug-likeness (QED) is 0.479. The van der Waals surface area contributed by atoms with Gasteiger partial charge in [-0.05, 0) is 1.34 Å². The van der Waals surface area contributed by atoms with Gasteiger partial charge in [-0.15, -0.1) is 0 Å². The maximum absolute atomic E-state index is 10.6. The summed E-state index contributed by atoms with van der Waals surface area (Å²) < 4.78 is 63.9. The van der Waals surface area contributed by atoms with Gasteiger partial charge in [-0.1, -0.05) is 6.82 Å². The molecule has 0 aliphatic rings. The second-order valence-electron chi connectivity index (χ2n) is 0.680. The second kappa shape index (κ2) is 10.5. The number of hydrogen-bond acceptors (Lipinski definition) is 4. The van der Waals surface area contributed by atoms with Gasteiger partial charge in [0.05, 0.1) is 7.81 Å². The molecule has 0 saturated carbocycles. The van der Waals surface area contributed by atoms with Crippen LogP contribution in [0.25, 0.3) is 0 Å². The van der Waals surface area contributed by atoms with E-state index in [1.807, 2.05) is 0 Å². The van der Waals surface area contributed by atoms with E-state index in [9.17, 15) is 13.2 Å². The summed E-state index contributed by atoms with van der Waals surface area (Å²) in [6.07, 6.45) is 0. The van der Waals surface area contributed by atoms with Crippen molar-refractivity contribution < 1.29 is 49.1 Å². The fraction of sp³-hybridized carbons (Fsp3) is 1.00. The molecule has 0 rings (SSSR count). The van der Waals surface area contributed by atoms with E-state index < -0.39 is 16.2 Å². The molecule has 3 nitrogen and oxygen atoms in total. The first-order valence-electron chi connectivity index (χ1n) is 2.46. The molecule has 0 aromatic rings. The van der Waals surface area contributed by atoms with E-state index in [1.165, 1.54) is 7.81 Å². The van der Waals surface area contributed by atoms with Crippen molar-refractivity contribution in [2.45, 2.75) is 12.3 Å². The van der Waals surface area contributed by atoms with Gasteiger partial charge in [0.15, 0.2) is 0 Å². The van der Waals surface area contributed by atoms with Crippen molar-refractivity contribution in [3.8, 4) is 0 Å². The van der Waals surface area contributed by atoms with E-state index >= 15 is 0 Å². The summed E-state index contributed by atoms with van der Waals surface area (Å²) in [5, 5.41) is 0. The molecule has 0 fully saturated rings. The van der Waals surface area contributed by atoms with Crippen molar-refractivity contribution in [2.24, 2.45) is 0 Å². The molecule has 9 heteroatoms. The molecule has 0 bridgehead atoms. The molecular weight excluding hydrogens is 263 g/mol. The van der Waals surface area contributed by atoms with Crippen molar-refractivity contribution in [2.75, 3.05) is 0 Å². The van der Waals surface area contributed by atoms with Gasteiger partial charge in [0.25, 0.3) is 0 Å². The van der Waals surface area contributed by atoms with Crippen LogP contribution in [0.1, 0.15) is 0 Å². The van der Waals surface area contributed by atoms with Crippen molar-refractivity contribution in [1.29, 1.82) is 1.34 Å². The second-order valence-corrected chi connectivity index (χ2v) is 1.61. The van der Waals surface area contributed by atoms with Crippen LogP contribution in [0.4, 0.5) is 13.2 Å². The average molecular weight is 269 g/mol. The summed E-state index contributed by atoms with van der Waals surface area (Å²) in [4.78, 5) is 0. The molecule has 0 aliphatic heterocycles. The van der Waals surface area contributed by atoms with Gasteiger partial charge in [0, 0.05) is 10.7 Å². The maximum atomic E-state index is 10.6. The predicted octanol–water partition coefficient (Wildman–Crippen LogP) is 0.629. The SMILES string of the molecule is O=[S-](=O)C(F)(F)F.[3H][B]C.[O]=[Zr]. The van der Waals surface area contributed by atoms with Crippen molar-refractivity contribution in [1.82, 2.24) is 0 Å².